The maximum absolute atomic E-state index is 12.9. The molecule has 0 spiro atoms. The van der Waals surface area contributed by atoms with E-state index in [0.29, 0.717) is 5.69 Å². The molecule has 21 heavy (non-hydrogen) atoms. The van der Waals surface area contributed by atoms with Crippen molar-refractivity contribution in [3.8, 4) is 5.69 Å². The summed E-state index contributed by atoms with van der Waals surface area (Å²) in [7, 11) is 0. The zero-order chi connectivity index (χ0) is 15.6. The number of aromatic nitrogens is 2. The van der Waals surface area contributed by atoms with E-state index in [-0.39, 0.29) is 11.4 Å². The maximum Gasteiger partial charge on any atom is 0.416 e. The SMILES string of the molecule is C=CC(=O)Nc1cc(-n2cnc(C)c2)cc(C(F)(F)F)c1. The van der Waals surface area contributed by atoms with Gasteiger partial charge in [-0.2, -0.15) is 13.2 Å². The Morgan fingerprint density at radius 3 is 2.62 bits per heavy atom. The molecule has 0 fully saturated rings. The first kappa shape index (κ1) is 14.8. The highest BCUT2D eigenvalue weighted by Crippen LogP contribution is 2.33. The van der Waals surface area contributed by atoms with Crippen LogP contribution in [-0.2, 0) is 11.0 Å². The fourth-order valence-electron chi connectivity index (χ4n) is 1.75. The molecule has 2 rings (SSSR count). The normalized spacial score (nSPS) is 11.2. The first-order valence-corrected chi connectivity index (χ1v) is 5.96. The number of imidazole rings is 1. The molecule has 0 unspecified atom stereocenters. The van der Waals surface area contributed by atoms with Crippen molar-refractivity contribution >= 4 is 11.6 Å². The summed E-state index contributed by atoms with van der Waals surface area (Å²) in [6, 6.07) is 3.29. The number of alkyl halides is 3. The van der Waals surface area contributed by atoms with Crippen LogP contribution in [0.15, 0.2) is 43.4 Å². The standard InChI is InChI=1S/C14H12F3N3O/c1-3-13(21)19-11-4-10(14(15,16)17)5-12(6-11)20-7-9(2)18-8-20/h3-8H,1H2,2H3,(H,19,21). The van der Waals surface area contributed by atoms with Crippen LogP contribution in [0, 0.1) is 6.92 Å². The second-order valence-electron chi connectivity index (χ2n) is 4.38. The lowest BCUT2D eigenvalue weighted by Crippen LogP contribution is -2.11. The molecule has 0 radical (unpaired) electrons. The quantitative estimate of drug-likeness (QED) is 0.883. The second kappa shape index (κ2) is 5.43. The van der Waals surface area contributed by atoms with E-state index in [1.807, 2.05) is 0 Å². The average molecular weight is 295 g/mol. The third kappa shape index (κ3) is 3.50. The fraction of sp³-hybridized carbons (Fsp3) is 0.143. The predicted molar refractivity (Wildman–Crippen MR) is 72.1 cm³/mol. The molecule has 1 heterocycles. The summed E-state index contributed by atoms with van der Waals surface area (Å²) in [5, 5.41) is 2.33. The summed E-state index contributed by atoms with van der Waals surface area (Å²) in [5.74, 6) is -0.581. The van der Waals surface area contributed by atoms with Crippen LogP contribution in [0.3, 0.4) is 0 Å². The van der Waals surface area contributed by atoms with Gasteiger partial charge in [-0.3, -0.25) is 4.79 Å². The highest BCUT2D eigenvalue weighted by molar-refractivity contribution is 5.99. The van der Waals surface area contributed by atoms with Crippen LogP contribution in [0.4, 0.5) is 18.9 Å². The van der Waals surface area contributed by atoms with Crippen molar-refractivity contribution < 1.29 is 18.0 Å². The van der Waals surface area contributed by atoms with Crippen molar-refractivity contribution in [2.45, 2.75) is 13.1 Å². The molecule has 0 saturated heterocycles. The molecule has 0 aliphatic carbocycles. The number of benzene rings is 1. The van der Waals surface area contributed by atoms with Gasteiger partial charge in [0.25, 0.3) is 0 Å². The van der Waals surface area contributed by atoms with E-state index < -0.39 is 17.6 Å². The van der Waals surface area contributed by atoms with Crippen LogP contribution in [0.5, 0.6) is 0 Å². The zero-order valence-electron chi connectivity index (χ0n) is 11.1. The van der Waals surface area contributed by atoms with E-state index in [1.54, 1.807) is 13.1 Å². The molecule has 0 saturated carbocycles. The Balaban J connectivity index is 2.51. The van der Waals surface area contributed by atoms with Gasteiger partial charge in [-0.25, -0.2) is 4.98 Å². The van der Waals surface area contributed by atoms with E-state index in [9.17, 15) is 18.0 Å². The molecule has 0 atom stereocenters. The maximum atomic E-state index is 12.9. The van der Waals surface area contributed by atoms with Gasteiger partial charge in [-0.1, -0.05) is 6.58 Å². The van der Waals surface area contributed by atoms with E-state index in [0.717, 1.165) is 18.2 Å². The van der Waals surface area contributed by atoms with Gasteiger partial charge < -0.3 is 9.88 Å². The molecule has 1 aromatic heterocycles. The molecule has 1 aromatic carbocycles. The van der Waals surface area contributed by atoms with Crippen LogP contribution in [0.1, 0.15) is 11.3 Å². The minimum Gasteiger partial charge on any atom is -0.322 e. The number of hydrogen-bond acceptors (Lipinski definition) is 2. The van der Waals surface area contributed by atoms with Gasteiger partial charge in [0.1, 0.15) is 0 Å². The van der Waals surface area contributed by atoms with Gasteiger partial charge in [0.2, 0.25) is 5.91 Å². The van der Waals surface area contributed by atoms with E-state index in [4.69, 9.17) is 0 Å². The van der Waals surface area contributed by atoms with Crippen LogP contribution >= 0.6 is 0 Å². The number of carbonyl (C=O) groups is 1. The Kier molecular flexibility index (Phi) is 3.84. The minimum atomic E-state index is -4.51. The number of halogens is 3. The summed E-state index contributed by atoms with van der Waals surface area (Å²) in [4.78, 5) is 15.2. The van der Waals surface area contributed by atoms with E-state index in [2.05, 4.69) is 16.9 Å². The van der Waals surface area contributed by atoms with Gasteiger partial charge in [0.05, 0.1) is 17.6 Å². The summed E-state index contributed by atoms with van der Waals surface area (Å²) in [5.41, 5.74) is 0.107. The van der Waals surface area contributed by atoms with Crippen molar-refractivity contribution in [3.63, 3.8) is 0 Å². The molecule has 110 valence electrons. The number of anilines is 1. The number of hydrogen-bond donors (Lipinski definition) is 1. The molecule has 2 aromatic rings. The van der Waals surface area contributed by atoms with Crippen molar-refractivity contribution in [1.82, 2.24) is 9.55 Å². The van der Waals surface area contributed by atoms with Gasteiger partial charge >= 0.3 is 6.18 Å². The Labute approximate surface area is 118 Å². The highest BCUT2D eigenvalue weighted by Gasteiger charge is 2.31. The van der Waals surface area contributed by atoms with Crippen molar-refractivity contribution in [3.05, 3.63) is 54.6 Å². The fourth-order valence-corrected chi connectivity index (χ4v) is 1.75. The zero-order valence-corrected chi connectivity index (χ0v) is 11.1. The van der Waals surface area contributed by atoms with Gasteiger partial charge in [0.15, 0.2) is 0 Å². The van der Waals surface area contributed by atoms with Gasteiger partial charge in [-0.15, -0.1) is 0 Å². The van der Waals surface area contributed by atoms with E-state index in [1.165, 1.54) is 17.0 Å². The van der Waals surface area contributed by atoms with Crippen LogP contribution in [0.25, 0.3) is 5.69 Å². The number of carbonyl (C=O) groups excluding carboxylic acids is 1. The first-order valence-electron chi connectivity index (χ1n) is 5.96. The third-order valence-electron chi connectivity index (χ3n) is 2.71. The number of aryl methyl sites for hydroxylation is 1. The topological polar surface area (TPSA) is 46.9 Å². The Bertz CT molecular complexity index is 689. The smallest absolute Gasteiger partial charge is 0.322 e. The molecular formula is C14H12F3N3O. The van der Waals surface area contributed by atoms with E-state index >= 15 is 0 Å². The van der Waals surface area contributed by atoms with Crippen LogP contribution < -0.4 is 5.32 Å². The first-order chi connectivity index (χ1) is 9.79. The Morgan fingerprint density at radius 1 is 1.38 bits per heavy atom. The summed E-state index contributed by atoms with van der Waals surface area (Å²) >= 11 is 0. The van der Waals surface area contributed by atoms with Crippen molar-refractivity contribution in [2.75, 3.05) is 5.32 Å². The predicted octanol–water partition coefficient (Wildman–Crippen LogP) is 3.32. The lowest BCUT2D eigenvalue weighted by Gasteiger charge is -2.13. The monoisotopic (exact) mass is 295 g/mol. The number of amides is 1. The third-order valence-corrected chi connectivity index (χ3v) is 2.71. The van der Waals surface area contributed by atoms with Crippen LogP contribution in [-0.4, -0.2) is 15.5 Å². The van der Waals surface area contributed by atoms with Crippen LogP contribution in [0.2, 0.25) is 0 Å². The summed E-state index contributed by atoms with van der Waals surface area (Å²) in [6.45, 7) is 4.99. The molecule has 4 nitrogen and oxygen atoms in total. The molecule has 0 aliphatic rings. The average Bonchev–Trinajstić information content (AvgIpc) is 2.84. The molecule has 0 aliphatic heterocycles. The molecule has 1 N–H and O–H groups in total. The number of rotatable bonds is 3. The second-order valence-corrected chi connectivity index (χ2v) is 4.38. The molecule has 1 amide bonds. The highest BCUT2D eigenvalue weighted by atomic mass is 19.4. The summed E-state index contributed by atoms with van der Waals surface area (Å²) in [6.07, 6.45) is -0.529. The number of nitrogens with one attached hydrogen (secondary N) is 1. The molecule has 7 heteroatoms. The summed E-state index contributed by atoms with van der Waals surface area (Å²) < 4.78 is 40.2. The van der Waals surface area contributed by atoms with Gasteiger partial charge in [-0.05, 0) is 31.2 Å². The Hall–Kier alpha value is -2.57. The van der Waals surface area contributed by atoms with Crippen molar-refractivity contribution in [1.29, 1.82) is 0 Å². The van der Waals surface area contributed by atoms with Gasteiger partial charge in [0, 0.05) is 17.6 Å². The lowest BCUT2D eigenvalue weighted by atomic mass is 10.1. The lowest BCUT2D eigenvalue weighted by molar-refractivity contribution is -0.137. The minimum absolute atomic E-state index is 0.0380. The largest absolute Gasteiger partial charge is 0.416 e. The molecule has 0 bridgehead atoms. The van der Waals surface area contributed by atoms with Crippen molar-refractivity contribution in [2.24, 2.45) is 0 Å². The Morgan fingerprint density at radius 2 is 2.10 bits per heavy atom. The number of nitrogens with zero attached hydrogens (tertiary/aromatic N) is 2. The molecular weight excluding hydrogens is 283 g/mol.